The molecule has 0 unspecified atom stereocenters. The number of aromatic nitrogens is 2. The molecule has 0 spiro atoms. The first-order valence-electron chi connectivity index (χ1n) is 11.9. The zero-order valence-electron chi connectivity index (χ0n) is 21.6. The van der Waals surface area contributed by atoms with Crippen molar-refractivity contribution in [3.05, 3.63) is 86.7 Å². The molecule has 1 atom stereocenters. The molecule has 0 saturated heterocycles. The summed E-state index contributed by atoms with van der Waals surface area (Å²) in [6.07, 6.45) is -1.44. The SMILES string of the molecule is CCOC(=O)c1c(-c2cc3ccccc3nc2Oc2ccc(F)c(F)c2C)[nH]c(C)c([C@H](OC)C(N)=O)c1=O. The summed E-state index contributed by atoms with van der Waals surface area (Å²) in [5.74, 6) is -4.17. The Morgan fingerprint density at radius 1 is 1.13 bits per heavy atom. The summed E-state index contributed by atoms with van der Waals surface area (Å²) in [5, 5.41) is 0.631. The number of nitrogens with one attached hydrogen (secondary N) is 1. The lowest BCUT2D eigenvalue weighted by Crippen LogP contribution is -2.32. The van der Waals surface area contributed by atoms with Crippen molar-refractivity contribution < 1.29 is 32.6 Å². The van der Waals surface area contributed by atoms with E-state index in [-0.39, 0.29) is 46.3 Å². The van der Waals surface area contributed by atoms with Gasteiger partial charge in [0, 0.05) is 23.8 Å². The van der Waals surface area contributed by atoms with Gasteiger partial charge >= 0.3 is 5.97 Å². The number of benzene rings is 2. The van der Waals surface area contributed by atoms with E-state index < -0.39 is 40.6 Å². The fraction of sp³-hybridized carbons (Fsp3) is 0.214. The van der Waals surface area contributed by atoms with E-state index >= 15 is 0 Å². The number of carbonyl (C=O) groups is 2. The topological polar surface area (TPSA) is 134 Å². The number of ether oxygens (including phenoxy) is 3. The molecule has 2 aromatic carbocycles. The van der Waals surface area contributed by atoms with Crippen molar-refractivity contribution in [2.45, 2.75) is 26.9 Å². The quantitative estimate of drug-likeness (QED) is 0.313. The Hall–Kier alpha value is -4.64. The van der Waals surface area contributed by atoms with Gasteiger partial charge < -0.3 is 24.9 Å². The van der Waals surface area contributed by atoms with Crippen LogP contribution >= 0.6 is 0 Å². The molecule has 4 rings (SSSR count). The number of aromatic amines is 1. The second kappa shape index (κ2) is 11.0. The number of nitrogens with two attached hydrogens (primary N) is 1. The fourth-order valence-corrected chi connectivity index (χ4v) is 4.23. The minimum atomic E-state index is -1.44. The van der Waals surface area contributed by atoms with E-state index in [0.29, 0.717) is 10.9 Å². The van der Waals surface area contributed by atoms with Crippen LogP contribution < -0.4 is 15.9 Å². The Morgan fingerprint density at radius 2 is 1.85 bits per heavy atom. The molecule has 0 fully saturated rings. The van der Waals surface area contributed by atoms with Gasteiger partial charge in [-0.25, -0.2) is 18.6 Å². The smallest absolute Gasteiger partial charge is 0.344 e. The summed E-state index contributed by atoms with van der Waals surface area (Å²) >= 11 is 0. The molecular weight excluding hydrogens is 512 g/mol. The lowest BCUT2D eigenvalue weighted by molar-refractivity contribution is -0.128. The van der Waals surface area contributed by atoms with Gasteiger partial charge in [-0.15, -0.1) is 0 Å². The number of para-hydroxylation sites is 1. The number of aryl methyl sites for hydroxylation is 1. The van der Waals surface area contributed by atoms with E-state index in [1.807, 2.05) is 0 Å². The molecule has 0 saturated carbocycles. The molecule has 0 aliphatic carbocycles. The maximum atomic E-state index is 14.3. The number of esters is 1. The van der Waals surface area contributed by atoms with Gasteiger partial charge in [0.25, 0.3) is 5.91 Å². The van der Waals surface area contributed by atoms with Gasteiger partial charge in [-0.3, -0.25) is 9.59 Å². The minimum Gasteiger partial charge on any atom is -0.462 e. The molecule has 0 aliphatic rings. The van der Waals surface area contributed by atoms with Crippen molar-refractivity contribution >= 4 is 22.8 Å². The van der Waals surface area contributed by atoms with Crippen LogP contribution in [0.3, 0.4) is 0 Å². The monoisotopic (exact) mass is 537 g/mol. The third-order valence-electron chi connectivity index (χ3n) is 6.13. The first-order chi connectivity index (χ1) is 18.6. The normalized spacial score (nSPS) is 11.8. The number of carbonyl (C=O) groups excluding carboxylic acids is 2. The highest BCUT2D eigenvalue weighted by atomic mass is 19.2. The van der Waals surface area contributed by atoms with Crippen LogP contribution in [0.2, 0.25) is 0 Å². The molecule has 2 heterocycles. The second-order valence-electron chi connectivity index (χ2n) is 8.60. The molecule has 3 N–H and O–H groups in total. The van der Waals surface area contributed by atoms with Crippen LogP contribution in [0.1, 0.15) is 40.2 Å². The summed E-state index contributed by atoms with van der Waals surface area (Å²) < 4.78 is 44.3. The van der Waals surface area contributed by atoms with Gasteiger partial charge in [0.15, 0.2) is 17.7 Å². The highest BCUT2D eigenvalue weighted by Gasteiger charge is 2.31. The van der Waals surface area contributed by atoms with Gasteiger partial charge in [0.2, 0.25) is 11.3 Å². The maximum Gasteiger partial charge on any atom is 0.344 e. The summed E-state index contributed by atoms with van der Waals surface area (Å²) in [4.78, 5) is 46.4. The van der Waals surface area contributed by atoms with E-state index in [9.17, 15) is 23.2 Å². The Bertz CT molecular complexity index is 1670. The number of rotatable bonds is 8. The van der Waals surface area contributed by atoms with Crippen molar-refractivity contribution in [1.29, 1.82) is 0 Å². The molecule has 39 heavy (non-hydrogen) atoms. The summed E-state index contributed by atoms with van der Waals surface area (Å²) in [6, 6.07) is 10.8. The molecular formula is C28H25F2N3O6. The first kappa shape index (κ1) is 27.4. The van der Waals surface area contributed by atoms with Gasteiger partial charge in [-0.2, -0.15) is 0 Å². The van der Waals surface area contributed by atoms with Crippen LogP contribution in [0.25, 0.3) is 22.2 Å². The minimum absolute atomic E-state index is 0.0208. The molecule has 0 radical (unpaired) electrons. The maximum absolute atomic E-state index is 14.3. The summed E-state index contributed by atoms with van der Waals surface area (Å²) in [5.41, 5.74) is 4.71. The molecule has 1 amide bonds. The van der Waals surface area contributed by atoms with Gasteiger partial charge in [0.05, 0.1) is 28.9 Å². The Balaban J connectivity index is 2.06. The lowest BCUT2D eigenvalue weighted by Gasteiger charge is -2.19. The van der Waals surface area contributed by atoms with Crippen LogP contribution in [-0.2, 0) is 14.3 Å². The largest absolute Gasteiger partial charge is 0.462 e. The Morgan fingerprint density at radius 3 is 2.51 bits per heavy atom. The van der Waals surface area contributed by atoms with Crippen molar-refractivity contribution in [1.82, 2.24) is 9.97 Å². The molecule has 4 aromatic rings. The predicted octanol–water partition coefficient (Wildman–Crippen LogP) is 4.63. The van der Waals surface area contributed by atoms with Crippen LogP contribution in [-0.4, -0.2) is 35.6 Å². The van der Waals surface area contributed by atoms with Crippen molar-refractivity contribution in [2.75, 3.05) is 13.7 Å². The third-order valence-corrected chi connectivity index (χ3v) is 6.13. The zero-order chi connectivity index (χ0) is 28.4. The number of pyridine rings is 2. The number of hydrogen-bond acceptors (Lipinski definition) is 7. The number of primary amides is 1. The van der Waals surface area contributed by atoms with E-state index in [4.69, 9.17) is 19.9 Å². The Labute approximate surface area is 221 Å². The van der Waals surface area contributed by atoms with E-state index in [2.05, 4.69) is 9.97 Å². The van der Waals surface area contributed by atoms with Crippen molar-refractivity contribution in [3.8, 4) is 22.9 Å². The van der Waals surface area contributed by atoms with Crippen LogP contribution in [0, 0.1) is 25.5 Å². The third kappa shape index (κ3) is 5.08. The number of fused-ring (bicyclic) bond motifs is 1. The molecule has 9 nitrogen and oxygen atoms in total. The average Bonchev–Trinajstić information content (AvgIpc) is 2.90. The molecule has 0 aliphatic heterocycles. The van der Waals surface area contributed by atoms with Gasteiger partial charge in [-0.1, -0.05) is 18.2 Å². The van der Waals surface area contributed by atoms with Crippen molar-refractivity contribution in [2.24, 2.45) is 5.73 Å². The number of H-pyrrole nitrogens is 1. The number of hydrogen-bond donors (Lipinski definition) is 2. The Kier molecular flexibility index (Phi) is 7.73. The second-order valence-corrected chi connectivity index (χ2v) is 8.60. The molecule has 0 bridgehead atoms. The fourth-order valence-electron chi connectivity index (χ4n) is 4.23. The zero-order valence-corrected chi connectivity index (χ0v) is 21.6. The average molecular weight is 538 g/mol. The van der Waals surface area contributed by atoms with E-state index in [1.54, 1.807) is 37.3 Å². The molecule has 2 aromatic heterocycles. The summed E-state index contributed by atoms with van der Waals surface area (Å²) in [6.45, 7) is 4.38. The van der Waals surface area contributed by atoms with Gasteiger partial charge in [0.1, 0.15) is 11.3 Å². The standard InChI is InChI=1S/C28H25F2N3O6/c1-5-38-28(36)21-23(32-14(3)20(24(21)34)25(37-4)26(31)35)16-12-15-8-6-7-9-18(15)33-27(16)39-19-11-10-17(29)22(30)13(19)2/h6-12,25H,5H2,1-4H3,(H2,31,35)(H,32,34)/t25-/m0/s1. The van der Waals surface area contributed by atoms with Crippen LogP contribution in [0.15, 0.2) is 47.3 Å². The highest BCUT2D eigenvalue weighted by molar-refractivity contribution is 5.99. The number of nitrogens with zero attached hydrogens (tertiary/aromatic N) is 1. The number of halogens is 2. The van der Waals surface area contributed by atoms with E-state index in [1.165, 1.54) is 27.0 Å². The number of amides is 1. The van der Waals surface area contributed by atoms with Crippen molar-refractivity contribution in [3.63, 3.8) is 0 Å². The molecule has 202 valence electrons. The predicted molar refractivity (Wildman–Crippen MR) is 139 cm³/mol. The van der Waals surface area contributed by atoms with E-state index in [0.717, 1.165) is 6.07 Å². The number of methoxy groups -OCH3 is 1. The van der Waals surface area contributed by atoms with Gasteiger partial charge in [-0.05, 0) is 45.0 Å². The first-order valence-corrected chi connectivity index (χ1v) is 11.9. The summed E-state index contributed by atoms with van der Waals surface area (Å²) in [7, 11) is 1.20. The molecule has 11 heteroatoms. The lowest BCUT2D eigenvalue weighted by atomic mass is 9.98. The van der Waals surface area contributed by atoms with Crippen LogP contribution in [0.5, 0.6) is 11.6 Å². The highest BCUT2D eigenvalue weighted by Crippen LogP contribution is 2.37. The van der Waals surface area contributed by atoms with Crippen LogP contribution in [0.4, 0.5) is 8.78 Å².